The zero-order valence-electron chi connectivity index (χ0n) is 21.3. The quantitative estimate of drug-likeness (QED) is 0.207. The van der Waals surface area contributed by atoms with Gasteiger partial charge in [-0.1, -0.05) is 78.0 Å². The van der Waals surface area contributed by atoms with Crippen molar-refractivity contribution in [2.24, 2.45) is 5.10 Å². The molecule has 0 radical (unpaired) electrons. The average Bonchev–Trinajstić information content (AvgIpc) is 3.57. The van der Waals surface area contributed by atoms with Crippen LogP contribution in [0.2, 0.25) is 0 Å². The number of nitrogens with two attached hydrogens (primary N) is 1. The van der Waals surface area contributed by atoms with Crippen LogP contribution >= 0.6 is 0 Å². The van der Waals surface area contributed by atoms with E-state index in [1.54, 1.807) is 0 Å². The van der Waals surface area contributed by atoms with Crippen LogP contribution in [0.5, 0.6) is 0 Å². The molecule has 2 aromatic carbocycles. The van der Waals surface area contributed by atoms with Crippen molar-refractivity contribution in [3.05, 3.63) is 95.3 Å². The molecule has 0 spiro atoms. The van der Waals surface area contributed by atoms with Gasteiger partial charge in [0.25, 0.3) is 5.91 Å². The number of hydrogen-bond acceptors (Lipinski definition) is 8. The number of carbonyl (C=O) groups is 1. The summed E-state index contributed by atoms with van der Waals surface area (Å²) in [6, 6.07) is 19.7. The second kappa shape index (κ2) is 12.9. The van der Waals surface area contributed by atoms with E-state index in [0.717, 1.165) is 24.2 Å². The van der Waals surface area contributed by atoms with Gasteiger partial charge in [-0.15, -0.1) is 5.10 Å². The number of nitrogens with one attached hydrogen (secondary N) is 2. The van der Waals surface area contributed by atoms with Gasteiger partial charge in [0.1, 0.15) is 12.2 Å². The van der Waals surface area contributed by atoms with Crippen LogP contribution in [0.15, 0.2) is 82.5 Å². The third-order valence-electron chi connectivity index (χ3n) is 5.87. The summed E-state index contributed by atoms with van der Waals surface area (Å²) in [6.07, 6.45) is 7.50. The molecule has 0 unspecified atom stereocenters. The molecule has 4 rings (SSSR count). The number of allylic oxidation sites excluding steroid dienone is 2. The second-order valence-electron chi connectivity index (χ2n) is 8.37. The molecular weight excluding hydrogens is 482 g/mol. The number of carbonyl (C=O) groups excluding carboxylic acids is 1. The molecule has 2 heterocycles. The fourth-order valence-electron chi connectivity index (χ4n) is 3.67. The van der Waals surface area contributed by atoms with Crippen molar-refractivity contribution >= 4 is 29.6 Å². The van der Waals surface area contributed by atoms with Crippen LogP contribution in [0.25, 0.3) is 18.0 Å². The molecule has 194 valence electrons. The molecule has 1 amide bonds. The van der Waals surface area contributed by atoms with Crippen LogP contribution in [0.1, 0.15) is 41.2 Å². The molecule has 4 aromatic rings. The van der Waals surface area contributed by atoms with Gasteiger partial charge in [-0.2, -0.15) is 9.78 Å². The van der Waals surface area contributed by atoms with Gasteiger partial charge in [0.05, 0.1) is 18.8 Å². The van der Waals surface area contributed by atoms with Crippen LogP contribution in [0, 0.1) is 0 Å². The summed E-state index contributed by atoms with van der Waals surface area (Å²) in [7, 11) is 0. The Hall–Kier alpha value is -4.90. The molecule has 0 atom stereocenters. The number of hydrazone groups is 1. The number of quaternary nitrogens is 1. The lowest BCUT2D eigenvalue weighted by atomic mass is 10.1. The highest BCUT2D eigenvalue weighted by Gasteiger charge is 2.26. The van der Waals surface area contributed by atoms with E-state index in [0.29, 0.717) is 18.0 Å². The Bertz CT molecular complexity index is 1370. The SMILES string of the molecule is CC[NH+](CC)Cc1c(C(=O)NN=C(C=Cc2ccccc2)C=Cc2ccccc2)nnn1-c1nonc1N. The van der Waals surface area contributed by atoms with E-state index in [1.807, 2.05) is 85.0 Å². The highest BCUT2D eigenvalue weighted by molar-refractivity contribution is 6.09. The molecular formula is C27H30N9O2+. The van der Waals surface area contributed by atoms with Crippen molar-refractivity contribution in [1.82, 2.24) is 30.7 Å². The Morgan fingerprint density at radius 3 is 2.13 bits per heavy atom. The molecule has 0 aliphatic carbocycles. The van der Waals surface area contributed by atoms with Crippen molar-refractivity contribution in [1.29, 1.82) is 0 Å². The first kappa shape index (κ1) is 26.2. The first-order valence-corrected chi connectivity index (χ1v) is 12.3. The Morgan fingerprint density at radius 1 is 1.00 bits per heavy atom. The van der Waals surface area contributed by atoms with Gasteiger partial charge in [-0.25, -0.2) is 10.1 Å². The van der Waals surface area contributed by atoms with E-state index in [9.17, 15) is 4.79 Å². The molecule has 2 aromatic heterocycles. The van der Waals surface area contributed by atoms with E-state index in [4.69, 9.17) is 10.4 Å². The molecule has 0 aliphatic rings. The maximum atomic E-state index is 13.3. The minimum absolute atomic E-state index is 0.0510. The molecule has 38 heavy (non-hydrogen) atoms. The smallest absolute Gasteiger partial charge is 0.294 e. The Labute approximate surface area is 220 Å². The lowest BCUT2D eigenvalue weighted by Crippen LogP contribution is -3.10. The zero-order chi connectivity index (χ0) is 26.7. The Kier molecular flexibility index (Phi) is 8.87. The average molecular weight is 513 g/mol. The largest absolute Gasteiger partial charge is 0.378 e. The maximum Gasteiger partial charge on any atom is 0.294 e. The van der Waals surface area contributed by atoms with E-state index >= 15 is 0 Å². The van der Waals surface area contributed by atoms with Crippen molar-refractivity contribution in [3.63, 3.8) is 0 Å². The third-order valence-corrected chi connectivity index (χ3v) is 5.87. The van der Waals surface area contributed by atoms with Crippen molar-refractivity contribution < 1.29 is 14.3 Å². The number of aromatic nitrogens is 5. The standard InChI is InChI=1S/C27H29N9O2/c1-3-35(4-2)19-23-24(30-34-36(23)26-25(28)32-38-33-26)27(37)31-29-22(17-15-20-11-7-5-8-12-20)18-16-21-13-9-6-10-14-21/h5-18H,3-4,19H2,1-2H3,(H2,28,32)(H,31,37)/p+1. The molecule has 0 fully saturated rings. The summed E-state index contributed by atoms with van der Waals surface area (Å²) in [6.45, 7) is 6.27. The number of nitrogen functional groups attached to an aromatic ring is 1. The highest BCUT2D eigenvalue weighted by Crippen LogP contribution is 2.15. The summed E-state index contributed by atoms with van der Waals surface area (Å²) in [5.41, 5.74) is 11.7. The number of hydrogen-bond donors (Lipinski definition) is 3. The zero-order valence-corrected chi connectivity index (χ0v) is 21.3. The minimum atomic E-state index is -0.508. The monoisotopic (exact) mass is 512 g/mol. The number of benzene rings is 2. The van der Waals surface area contributed by atoms with E-state index in [1.165, 1.54) is 9.58 Å². The van der Waals surface area contributed by atoms with E-state index < -0.39 is 5.91 Å². The van der Waals surface area contributed by atoms with Gasteiger partial charge in [0, 0.05) is 0 Å². The molecule has 0 saturated carbocycles. The van der Waals surface area contributed by atoms with E-state index in [-0.39, 0.29) is 17.3 Å². The molecule has 4 N–H and O–H groups in total. The normalized spacial score (nSPS) is 11.4. The fraction of sp³-hybridized carbons (Fsp3) is 0.185. The predicted octanol–water partition coefficient (Wildman–Crippen LogP) is 2.17. The lowest BCUT2D eigenvalue weighted by Gasteiger charge is -2.15. The van der Waals surface area contributed by atoms with Gasteiger partial charge >= 0.3 is 0 Å². The lowest BCUT2D eigenvalue weighted by molar-refractivity contribution is -0.910. The molecule has 0 saturated heterocycles. The first-order chi connectivity index (χ1) is 18.6. The maximum absolute atomic E-state index is 13.3. The van der Waals surface area contributed by atoms with Crippen molar-refractivity contribution in [2.45, 2.75) is 20.4 Å². The summed E-state index contributed by atoms with van der Waals surface area (Å²) < 4.78 is 6.12. The van der Waals surface area contributed by atoms with Crippen molar-refractivity contribution in [3.8, 4) is 5.82 Å². The minimum Gasteiger partial charge on any atom is -0.378 e. The number of anilines is 1. The number of rotatable bonds is 11. The second-order valence-corrected chi connectivity index (χ2v) is 8.37. The van der Waals surface area contributed by atoms with Crippen LogP contribution < -0.4 is 16.1 Å². The van der Waals surface area contributed by atoms with Crippen molar-refractivity contribution in [2.75, 3.05) is 18.8 Å². The summed E-state index contributed by atoms with van der Waals surface area (Å²) >= 11 is 0. The summed E-state index contributed by atoms with van der Waals surface area (Å²) in [5, 5.41) is 20.0. The van der Waals surface area contributed by atoms with Gasteiger partial charge in [0.2, 0.25) is 11.6 Å². The molecule has 11 nitrogen and oxygen atoms in total. The van der Waals surface area contributed by atoms with E-state index in [2.05, 4.69) is 45.0 Å². The number of amides is 1. The van der Waals surface area contributed by atoms with Gasteiger partial charge < -0.3 is 10.6 Å². The fourth-order valence-corrected chi connectivity index (χ4v) is 3.67. The molecule has 0 bridgehead atoms. The van der Waals surface area contributed by atoms with Crippen LogP contribution in [-0.4, -0.2) is 50.0 Å². The topological polar surface area (TPSA) is 142 Å². The van der Waals surface area contributed by atoms with Gasteiger partial charge in [0.15, 0.2) is 5.69 Å². The molecule has 0 aliphatic heterocycles. The van der Waals surface area contributed by atoms with Crippen LogP contribution in [-0.2, 0) is 6.54 Å². The van der Waals surface area contributed by atoms with Gasteiger partial charge in [-0.3, -0.25) is 4.79 Å². The molecule has 11 heteroatoms. The number of nitrogens with zero attached hydrogens (tertiary/aromatic N) is 6. The van der Waals surface area contributed by atoms with Crippen LogP contribution in [0.4, 0.5) is 5.82 Å². The summed E-state index contributed by atoms with van der Waals surface area (Å²) in [5.74, 6) is -0.277. The predicted molar refractivity (Wildman–Crippen MR) is 145 cm³/mol. The Balaban J connectivity index is 1.63. The first-order valence-electron chi connectivity index (χ1n) is 12.3. The van der Waals surface area contributed by atoms with Gasteiger partial charge in [-0.05, 0) is 47.4 Å². The van der Waals surface area contributed by atoms with Crippen LogP contribution in [0.3, 0.4) is 0 Å². The highest BCUT2D eigenvalue weighted by atomic mass is 16.6. The Morgan fingerprint density at radius 2 is 1.61 bits per heavy atom. The summed E-state index contributed by atoms with van der Waals surface area (Å²) in [4.78, 5) is 14.5. The third kappa shape index (κ3) is 6.65.